The summed E-state index contributed by atoms with van der Waals surface area (Å²) in [5, 5.41) is 14.7. The van der Waals surface area contributed by atoms with Crippen LogP contribution < -0.4 is 16.4 Å². The van der Waals surface area contributed by atoms with E-state index in [9.17, 15) is 19.5 Å². The number of aliphatic carboxylic acids is 1. The van der Waals surface area contributed by atoms with Gasteiger partial charge in [-0.15, -0.1) is 0 Å². The van der Waals surface area contributed by atoms with Crippen LogP contribution in [0.15, 0.2) is 11.6 Å². The molecule has 8 nitrogen and oxygen atoms in total. The van der Waals surface area contributed by atoms with Crippen molar-refractivity contribution in [3.8, 4) is 0 Å². The van der Waals surface area contributed by atoms with Gasteiger partial charge < -0.3 is 26.2 Å². The van der Waals surface area contributed by atoms with E-state index < -0.39 is 36.1 Å². The third-order valence-corrected chi connectivity index (χ3v) is 4.78. The van der Waals surface area contributed by atoms with Gasteiger partial charge in [-0.3, -0.25) is 9.59 Å². The van der Waals surface area contributed by atoms with Crippen molar-refractivity contribution in [3.63, 3.8) is 0 Å². The fourth-order valence-corrected chi connectivity index (χ4v) is 3.16. The van der Waals surface area contributed by atoms with Crippen LogP contribution in [0.25, 0.3) is 0 Å². The highest BCUT2D eigenvalue weighted by Gasteiger charge is 2.36. The van der Waals surface area contributed by atoms with Crippen LogP contribution in [0.4, 0.5) is 0 Å². The summed E-state index contributed by atoms with van der Waals surface area (Å²) in [6.45, 7) is 8.87. The Bertz CT molecular complexity index is 572. The second-order valence-corrected chi connectivity index (χ2v) is 7.36. The molecule has 0 saturated carbocycles. The predicted octanol–water partition coefficient (Wildman–Crippen LogP) is 0.948. The molecule has 8 heteroatoms. The van der Waals surface area contributed by atoms with Crippen LogP contribution in [0.2, 0.25) is 0 Å². The lowest BCUT2D eigenvalue weighted by molar-refractivity contribution is -0.142. The number of amides is 2. The monoisotopic (exact) mass is 383 g/mol. The molecular formula is C19H33N3O5. The van der Waals surface area contributed by atoms with Crippen LogP contribution in [0.3, 0.4) is 0 Å². The quantitative estimate of drug-likeness (QED) is 0.469. The van der Waals surface area contributed by atoms with E-state index in [0.717, 1.165) is 12.8 Å². The van der Waals surface area contributed by atoms with E-state index in [1.165, 1.54) is 6.92 Å². The number of nitrogens with one attached hydrogen (secondary N) is 2. The summed E-state index contributed by atoms with van der Waals surface area (Å²) in [5.74, 6) is -2.03. The van der Waals surface area contributed by atoms with Gasteiger partial charge in [0.2, 0.25) is 11.8 Å². The average Bonchev–Trinajstić information content (AvgIpc) is 2.58. The molecule has 0 heterocycles. The standard InChI is InChI=1S/C19H33N3O5/c1-6-13(7-2)27-15-9-12(8-14(20)17(15)21-11(5)23)18(24)22-16(10(3)4)19(25)26/h9-10,13-17H,6-8,20H2,1-5H3,(H,21,23)(H,22,24)(H,25,26)/t14-,15+,16-,17+/m0/s1. The molecule has 2 amide bonds. The Hall–Kier alpha value is -1.93. The maximum atomic E-state index is 12.6. The smallest absolute Gasteiger partial charge is 0.326 e. The van der Waals surface area contributed by atoms with E-state index in [0.29, 0.717) is 5.57 Å². The number of hydrogen-bond donors (Lipinski definition) is 4. The third kappa shape index (κ3) is 6.62. The summed E-state index contributed by atoms with van der Waals surface area (Å²) in [5.41, 5.74) is 6.60. The highest BCUT2D eigenvalue weighted by Crippen LogP contribution is 2.23. The number of carboxylic acids is 1. The van der Waals surface area contributed by atoms with Gasteiger partial charge in [-0.05, 0) is 31.3 Å². The van der Waals surface area contributed by atoms with Crippen molar-refractivity contribution in [2.24, 2.45) is 11.7 Å². The van der Waals surface area contributed by atoms with E-state index in [1.807, 2.05) is 13.8 Å². The summed E-state index contributed by atoms with van der Waals surface area (Å²) < 4.78 is 6.09. The number of carboxylic acid groups (broad SMARTS) is 1. The van der Waals surface area contributed by atoms with E-state index in [4.69, 9.17) is 10.5 Å². The molecule has 0 aliphatic heterocycles. The molecule has 1 aliphatic rings. The molecule has 0 spiro atoms. The minimum atomic E-state index is -1.08. The van der Waals surface area contributed by atoms with Gasteiger partial charge >= 0.3 is 5.97 Å². The van der Waals surface area contributed by atoms with Crippen molar-refractivity contribution < 1.29 is 24.2 Å². The Labute approximate surface area is 160 Å². The predicted molar refractivity (Wildman–Crippen MR) is 102 cm³/mol. The number of hydrogen-bond acceptors (Lipinski definition) is 5. The van der Waals surface area contributed by atoms with Crippen molar-refractivity contribution in [3.05, 3.63) is 11.6 Å². The van der Waals surface area contributed by atoms with Crippen LogP contribution in [0.1, 0.15) is 53.9 Å². The molecule has 0 unspecified atom stereocenters. The van der Waals surface area contributed by atoms with Gasteiger partial charge in [0.15, 0.2) is 0 Å². The molecule has 1 rings (SSSR count). The minimum absolute atomic E-state index is 0.0282. The van der Waals surface area contributed by atoms with Crippen molar-refractivity contribution in [1.29, 1.82) is 0 Å². The second kappa shape index (κ2) is 10.4. The number of carbonyl (C=O) groups is 3. The van der Waals surface area contributed by atoms with Crippen LogP contribution in [0, 0.1) is 5.92 Å². The van der Waals surface area contributed by atoms with Crippen molar-refractivity contribution in [2.45, 2.75) is 84.2 Å². The van der Waals surface area contributed by atoms with Crippen molar-refractivity contribution in [2.75, 3.05) is 0 Å². The summed E-state index contributed by atoms with van der Waals surface area (Å²) in [4.78, 5) is 35.5. The zero-order valence-electron chi connectivity index (χ0n) is 16.8. The Morgan fingerprint density at radius 3 is 2.33 bits per heavy atom. The van der Waals surface area contributed by atoms with Gasteiger partial charge in [0.05, 0.1) is 18.2 Å². The van der Waals surface area contributed by atoms with Gasteiger partial charge in [0.1, 0.15) is 6.04 Å². The van der Waals surface area contributed by atoms with Crippen molar-refractivity contribution in [1.82, 2.24) is 10.6 Å². The average molecular weight is 383 g/mol. The molecule has 0 bridgehead atoms. The summed E-state index contributed by atoms with van der Waals surface area (Å²) in [6, 6.07) is -1.94. The zero-order chi connectivity index (χ0) is 20.7. The molecule has 0 aromatic carbocycles. The van der Waals surface area contributed by atoms with Gasteiger partial charge in [-0.1, -0.05) is 27.7 Å². The van der Waals surface area contributed by atoms with E-state index in [2.05, 4.69) is 10.6 Å². The van der Waals surface area contributed by atoms with Gasteiger partial charge in [0, 0.05) is 18.5 Å². The lowest BCUT2D eigenvalue weighted by Crippen LogP contribution is -2.57. The Morgan fingerprint density at radius 1 is 1.30 bits per heavy atom. The van der Waals surface area contributed by atoms with Crippen molar-refractivity contribution >= 4 is 17.8 Å². The molecule has 5 N–H and O–H groups in total. The molecular weight excluding hydrogens is 350 g/mol. The van der Waals surface area contributed by atoms with Gasteiger partial charge in [-0.2, -0.15) is 0 Å². The Kier molecular flexibility index (Phi) is 8.92. The first-order chi connectivity index (χ1) is 12.6. The lowest BCUT2D eigenvalue weighted by atomic mass is 9.87. The topological polar surface area (TPSA) is 131 Å². The molecule has 0 aromatic rings. The molecule has 4 atom stereocenters. The zero-order valence-corrected chi connectivity index (χ0v) is 16.8. The lowest BCUT2D eigenvalue weighted by Gasteiger charge is -2.37. The first-order valence-electron chi connectivity index (χ1n) is 9.53. The summed E-state index contributed by atoms with van der Waals surface area (Å²) >= 11 is 0. The minimum Gasteiger partial charge on any atom is -0.480 e. The largest absolute Gasteiger partial charge is 0.480 e. The van der Waals surface area contributed by atoms with Gasteiger partial charge in [-0.25, -0.2) is 4.79 Å². The highest BCUT2D eigenvalue weighted by molar-refractivity contribution is 5.96. The Balaban J connectivity index is 3.07. The number of rotatable bonds is 9. The van der Waals surface area contributed by atoms with Crippen LogP contribution >= 0.6 is 0 Å². The molecule has 0 saturated heterocycles. The van der Waals surface area contributed by atoms with Crippen LogP contribution in [-0.2, 0) is 19.1 Å². The second-order valence-electron chi connectivity index (χ2n) is 7.36. The molecule has 27 heavy (non-hydrogen) atoms. The highest BCUT2D eigenvalue weighted by atomic mass is 16.5. The number of ether oxygens (including phenoxy) is 1. The SMILES string of the molecule is CCC(CC)O[C@@H]1C=C(C(=O)N[C@H](C(=O)O)C(C)C)C[C@H](N)[C@H]1NC(C)=O. The van der Waals surface area contributed by atoms with Crippen LogP contribution in [-0.4, -0.2) is 53.2 Å². The fraction of sp³-hybridized carbons (Fsp3) is 0.737. The number of nitrogens with two attached hydrogens (primary N) is 1. The molecule has 0 fully saturated rings. The molecule has 0 radical (unpaired) electrons. The summed E-state index contributed by atoms with van der Waals surface area (Å²) in [7, 11) is 0. The van der Waals surface area contributed by atoms with E-state index in [1.54, 1.807) is 19.9 Å². The molecule has 1 aliphatic carbocycles. The number of carbonyl (C=O) groups excluding carboxylic acids is 2. The Morgan fingerprint density at radius 2 is 1.89 bits per heavy atom. The van der Waals surface area contributed by atoms with Crippen LogP contribution in [0.5, 0.6) is 0 Å². The third-order valence-electron chi connectivity index (χ3n) is 4.78. The van der Waals surface area contributed by atoms with E-state index >= 15 is 0 Å². The van der Waals surface area contributed by atoms with Gasteiger partial charge in [0.25, 0.3) is 0 Å². The fourth-order valence-electron chi connectivity index (χ4n) is 3.16. The maximum Gasteiger partial charge on any atom is 0.326 e. The first-order valence-corrected chi connectivity index (χ1v) is 9.53. The first kappa shape index (κ1) is 23.1. The van der Waals surface area contributed by atoms with E-state index in [-0.39, 0.29) is 24.3 Å². The molecule has 0 aromatic heterocycles. The summed E-state index contributed by atoms with van der Waals surface area (Å²) in [6.07, 6.45) is 2.89. The normalized spacial score (nSPS) is 23.7. The maximum absolute atomic E-state index is 12.6. The molecule has 154 valence electrons.